The Morgan fingerprint density at radius 2 is 2.11 bits per heavy atom. The first-order chi connectivity index (χ1) is 12.7. The lowest BCUT2D eigenvalue weighted by atomic mass is 9.73. The Bertz CT molecular complexity index is 689. The molecule has 1 saturated carbocycles. The molecule has 5 nitrogen and oxygen atoms in total. The zero-order chi connectivity index (χ0) is 18.2. The van der Waals surface area contributed by atoms with Crippen molar-refractivity contribution in [2.75, 3.05) is 19.6 Å². The molecule has 0 radical (unpaired) electrons. The number of hydrogen-bond donors (Lipinski definition) is 2. The molecule has 3 rings (SSSR count). The first-order valence-electron chi connectivity index (χ1n) is 9.75. The highest BCUT2D eigenvalue weighted by Crippen LogP contribution is 2.41. The second kappa shape index (κ2) is 11.0. The van der Waals surface area contributed by atoms with Crippen LogP contribution in [0.5, 0.6) is 0 Å². The van der Waals surface area contributed by atoms with Crippen molar-refractivity contribution in [1.82, 2.24) is 20.4 Å². The molecule has 150 valence electrons. The van der Waals surface area contributed by atoms with E-state index in [1.54, 1.807) is 0 Å². The standard InChI is InChI=1S/C20H31N5S.HI/c1-3-21-19(22-12-9-17-14-24-25(2)15-17)23-16-20(10-5-4-6-11-20)18-8-7-13-26-18;/h7-8,13-15H,3-6,9-12,16H2,1-2H3,(H2,21,22,23);1H. The molecule has 0 saturated heterocycles. The molecule has 7 heteroatoms. The molecule has 0 aliphatic heterocycles. The van der Waals surface area contributed by atoms with E-state index in [1.807, 2.05) is 29.3 Å². The molecule has 2 aromatic rings. The number of nitrogens with one attached hydrogen (secondary N) is 2. The molecule has 2 heterocycles. The van der Waals surface area contributed by atoms with Gasteiger partial charge in [0.2, 0.25) is 0 Å². The predicted molar refractivity (Wildman–Crippen MR) is 125 cm³/mol. The number of aliphatic imine (C=N–C) groups is 1. The van der Waals surface area contributed by atoms with E-state index < -0.39 is 0 Å². The molecule has 1 fully saturated rings. The van der Waals surface area contributed by atoms with Gasteiger partial charge in [-0.15, -0.1) is 35.3 Å². The second-order valence-corrected chi connectivity index (χ2v) is 8.16. The van der Waals surface area contributed by atoms with Gasteiger partial charge in [-0.25, -0.2) is 0 Å². The quantitative estimate of drug-likeness (QED) is 0.341. The molecular weight excluding hydrogens is 469 g/mol. The number of aryl methyl sites for hydroxylation is 1. The SMILES string of the molecule is CCNC(=NCC1(c2cccs2)CCCCC1)NCCc1cnn(C)c1.I. The summed E-state index contributed by atoms with van der Waals surface area (Å²) in [5, 5.41) is 13.3. The van der Waals surface area contributed by atoms with Gasteiger partial charge in [-0.05, 0) is 43.2 Å². The molecule has 0 bridgehead atoms. The van der Waals surface area contributed by atoms with E-state index in [0.29, 0.717) is 0 Å². The molecule has 1 aliphatic rings. The summed E-state index contributed by atoms with van der Waals surface area (Å²) in [6.45, 7) is 4.73. The van der Waals surface area contributed by atoms with Crippen LogP contribution in [0.25, 0.3) is 0 Å². The van der Waals surface area contributed by atoms with Crippen LogP contribution in [0.4, 0.5) is 0 Å². The van der Waals surface area contributed by atoms with Crippen molar-refractivity contribution >= 4 is 41.3 Å². The summed E-state index contributed by atoms with van der Waals surface area (Å²) >= 11 is 1.89. The van der Waals surface area contributed by atoms with Crippen LogP contribution in [0.2, 0.25) is 0 Å². The molecule has 1 aliphatic carbocycles. The summed E-state index contributed by atoms with van der Waals surface area (Å²) < 4.78 is 1.85. The van der Waals surface area contributed by atoms with Crippen LogP contribution in [-0.2, 0) is 18.9 Å². The highest BCUT2D eigenvalue weighted by molar-refractivity contribution is 14.0. The Balaban J connectivity index is 0.00000261. The fourth-order valence-electron chi connectivity index (χ4n) is 3.79. The number of halogens is 1. The van der Waals surface area contributed by atoms with Crippen molar-refractivity contribution in [3.63, 3.8) is 0 Å². The third kappa shape index (κ3) is 6.20. The highest BCUT2D eigenvalue weighted by Gasteiger charge is 2.34. The summed E-state index contributed by atoms with van der Waals surface area (Å²) in [7, 11) is 1.96. The lowest BCUT2D eigenvalue weighted by Crippen LogP contribution is -2.40. The number of guanidine groups is 1. The average Bonchev–Trinajstić information content (AvgIpc) is 3.33. The molecule has 0 spiro atoms. The van der Waals surface area contributed by atoms with Gasteiger partial charge >= 0.3 is 0 Å². The molecule has 0 atom stereocenters. The molecule has 0 aromatic carbocycles. The van der Waals surface area contributed by atoms with Gasteiger partial charge in [0.05, 0.1) is 12.7 Å². The predicted octanol–water partition coefficient (Wildman–Crippen LogP) is 4.10. The molecule has 2 N–H and O–H groups in total. The normalized spacial score (nSPS) is 16.6. The summed E-state index contributed by atoms with van der Waals surface area (Å²) in [6.07, 6.45) is 11.5. The Kier molecular flexibility index (Phi) is 9.08. The maximum Gasteiger partial charge on any atom is 0.191 e. The van der Waals surface area contributed by atoms with Gasteiger partial charge in [0.15, 0.2) is 5.96 Å². The number of nitrogens with zero attached hydrogens (tertiary/aromatic N) is 3. The topological polar surface area (TPSA) is 54.2 Å². The Morgan fingerprint density at radius 1 is 1.30 bits per heavy atom. The van der Waals surface area contributed by atoms with Crippen LogP contribution in [0.3, 0.4) is 0 Å². The van der Waals surface area contributed by atoms with E-state index in [1.165, 1.54) is 42.5 Å². The number of aromatic nitrogens is 2. The van der Waals surface area contributed by atoms with Gasteiger partial charge in [-0.3, -0.25) is 9.67 Å². The molecule has 0 amide bonds. The van der Waals surface area contributed by atoms with Gasteiger partial charge in [0.25, 0.3) is 0 Å². The smallest absolute Gasteiger partial charge is 0.191 e. The molecular formula is C20H32IN5S. The van der Waals surface area contributed by atoms with E-state index in [4.69, 9.17) is 4.99 Å². The lowest BCUT2D eigenvalue weighted by molar-refractivity contribution is 0.306. The van der Waals surface area contributed by atoms with Crippen molar-refractivity contribution in [1.29, 1.82) is 0 Å². The highest BCUT2D eigenvalue weighted by atomic mass is 127. The Labute approximate surface area is 184 Å². The summed E-state index contributed by atoms with van der Waals surface area (Å²) in [5.74, 6) is 0.929. The number of thiophene rings is 1. The summed E-state index contributed by atoms with van der Waals surface area (Å²) in [5.41, 5.74) is 1.48. The maximum atomic E-state index is 4.98. The zero-order valence-electron chi connectivity index (χ0n) is 16.4. The van der Waals surface area contributed by atoms with Crippen molar-refractivity contribution in [3.05, 3.63) is 40.3 Å². The zero-order valence-corrected chi connectivity index (χ0v) is 19.6. The number of rotatable bonds is 7. The average molecular weight is 501 g/mol. The van der Waals surface area contributed by atoms with E-state index in [0.717, 1.165) is 32.0 Å². The number of hydrogen-bond acceptors (Lipinski definition) is 3. The van der Waals surface area contributed by atoms with Gasteiger partial charge in [0.1, 0.15) is 0 Å². The van der Waals surface area contributed by atoms with Crippen molar-refractivity contribution < 1.29 is 0 Å². The maximum absolute atomic E-state index is 4.98. The van der Waals surface area contributed by atoms with Crippen molar-refractivity contribution in [2.24, 2.45) is 12.0 Å². The molecule has 27 heavy (non-hydrogen) atoms. The van der Waals surface area contributed by atoms with E-state index >= 15 is 0 Å². The summed E-state index contributed by atoms with van der Waals surface area (Å²) in [4.78, 5) is 6.49. The van der Waals surface area contributed by atoms with E-state index in [9.17, 15) is 0 Å². The minimum atomic E-state index is 0. The van der Waals surface area contributed by atoms with Crippen LogP contribution in [-0.4, -0.2) is 35.4 Å². The van der Waals surface area contributed by atoms with Crippen LogP contribution >= 0.6 is 35.3 Å². The first kappa shape index (κ1) is 22.2. The molecule has 2 aromatic heterocycles. The van der Waals surface area contributed by atoms with Crippen LogP contribution in [0, 0.1) is 0 Å². The minimum Gasteiger partial charge on any atom is -0.357 e. The second-order valence-electron chi connectivity index (χ2n) is 7.21. The first-order valence-corrected chi connectivity index (χ1v) is 10.6. The minimum absolute atomic E-state index is 0. The van der Waals surface area contributed by atoms with Gasteiger partial charge in [0, 0.05) is 36.6 Å². The van der Waals surface area contributed by atoms with Crippen molar-refractivity contribution in [2.45, 2.75) is 50.9 Å². The third-order valence-electron chi connectivity index (χ3n) is 5.20. The molecule has 0 unspecified atom stereocenters. The monoisotopic (exact) mass is 501 g/mol. The van der Waals surface area contributed by atoms with Crippen LogP contribution in [0.15, 0.2) is 34.9 Å². The van der Waals surface area contributed by atoms with Crippen molar-refractivity contribution in [3.8, 4) is 0 Å². The third-order valence-corrected chi connectivity index (χ3v) is 6.32. The van der Waals surface area contributed by atoms with Gasteiger partial charge in [-0.2, -0.15) is 5.10 Å². The Morgan fingerprint density at radius 3 is 2.74 bits per heavy atom. The van der Waals surface area contributed by atoms with E-state index in [-0.39, 0.29) is 29.4 Å². The van der Waals surface area contributed by atoms with Gasteiger partial charge in [-0.1, -0.05) is 25.3 Å². The van der Waals surface area contributed by atoms with Gasteiger partial charge < -0.3 is 10.6 Å². The lowest BCUT2D eigenvalue weighted by Gasteiger charge is -2.35. The Hall–Kier alpha value is -1.09. The summed E-state index contributed by atoms with van der Waals surface area (Å²) in [6, 6.07) is 4.48. The fourth-order valence-corrected chi connectivity index (χ4v) is 4.77. The van der Waals surface area contributed by atoms with Crippen LogP contribution < -0.4 is 10.6 Å². The van der Waals surface area contributed by atoms with E-state index in [2.05, 4.69) is 46.4 Å². The fraction of sp³-hybridized carbons (Fsp3) is 0.600. The largest absolute Gasteiger partial charge is 0.357 e. The van der Waals surface area contributed by atoms with Crippen LogP contribution in [0.1, 0.15) is 49.5 Å².